The van der Waals surface area contributed by atoms with Crippen LogP contribution in [0.3, 0.4) is 0 Å². The molecular formula is C15H17NO2S2. The Kier molecular flexibility index (Phi) is 5.23. The summed E-state index contributed by atoms with van der Waals surface area (Å²) in [5, 5.41) is 14.8. The minimum absolute atomic E-state index is 0.150. The second-order valence-corrected chi connectivity index (χ2v) is 6.19. The van der Waals surface area contributed by atoms with E-state index in [1.165, 1.54) is 23.1 Å². The molecule has 0 fully saturated rings. The Morgan fingerprint density at radius 1 is 1.40 bits per heavy atom. The van der Waals surface area contributed by atoms with Crippen molar-refractivity contribution in [1.29, 1.82) is 0 Å². The van der Waals surface area contributed by atoms with E-state index < -0.39 is 6.10 Å². The third kappa shape index (κ3) is 3.42. The van der Waals surface area contributed by atoms with E-state index in [2.05, 4.69) is 5.32 Å². The molecule has 0 aliphatic heterocycles. The number of benzene rings is 1. The van der Waals surface area contributed by atoms with Crippen molar-refractivity contribution in [2.75, 3.05) is 12.8 Å². The topological polar surface area (TPSA) is 49.3 Å². The fourth-order valence-electron chi connectivity index (χ4n) is 1.94. The van der Waals surface area contributed by atoms with Crippen molar-refractivity contribution in [3.63, 3.8) is 0 Å². The van der Waals surface area contributed by atoms with Gasteiger partial charge >= 0.3 is 0 Å². The standard InChI is InChI=1S/C15H17NO2S2/c1-10-7-8-20-14(10)12(17)9-16-15(18)11-5-3-4-6-13(11)19-2/h3-8,12,17H,9H2,1-2H3,(H,16,18)/t12-/m1/s1. The molecule has 0 radical (unpaired) electrons. The van der Waals surface area contributed by atoms with Gasteiger partial charge in [-0.05, 0) is 42.3 Å². The third-order valence-corrected chi connectivity index (χ3v) is 4.93. The molecule has 0 bridgehead atoms. The first-order valence-corrected chi connectivity index (χ1v) is 8.37. The van der Waals surface area contributed by atoms with Crippen LogP contribution in [0.2, 0.25) is 0 Å². The lowest BCUT2D eigenvalue weighted by atomic mass is 10.2. The van der Waals surface area contributed by atoms with Gasteiger partial charge in [-0.15, -0.1) is 23.1 Å². The minimum atomic E-state index is -0.652. The SMILES string of the molecule is CSc1ccccc1C(=O)NC[C@@H](O)c1sccc1C. The summed E-state index contributed by atoms with van der Waals surface area (Å²) in [6, 6.07) is 9.43. The van der Waals surface area contributed by atoms with Crippen LogP contribution in [0.1, 0.15) is 26.9 Å². The van der Waals surface area contributed by atoms with E-state index in [0.29, 0.717) is 5.56 Å². The smallest absolute Gasteiger partial charge is 0.252 e. The summed E-state index contributed by atoms with van der Waals surface area (Å²) in [5.74, 6) is -0.150. The number of aryl methyl sites for hydroxylation is 1. The second-order valence-electron chi connectivity index (χ2n) is 4.39. The summed E-state index contributed by atoms with van der Waals surface area (Å²) in [5.41, 5.74) is 1.70. The van der Waals surface area contributed by atoms with Crippen molar-refractivity contribution in [2.24, 2.45) is 0 Å². The zero-order chi connectivity index (χ0) is 14.5. The zero-order valence-electron chi connectivity index (χ0n) is 11.4. The van der Waals surface area contributed by atoms with Crippen LogP contribution in [0.4, 0.5) is 0 Å². The van der Waals surface area contributed by atoms with Crippen LogP contribution in [-0.2, 0) is 0 Å². The molecule has 0 spiro atoms. The number of carbonyl (C=O) groups is 1. The molecule has 0 saturated carbocycles. The van der Waals surface area contributed by atoms with Crippen LogP contribution in [0.5, 0.6) is 0 Å². The van der Waals surface area contributed by atoms with Crippen molar-refractivity contribution < 1.29 is 9.90 Å². The summed E-state index contributed by atoms with van der Waals surface area (Å²) in [4.78, 5) is 14.0. The lowest BCUT2D eigenvalue weighted by Gasteiger charge is -2.12. The highest BCUT2D eigenvalue weighted by atomic mass is 32.2. The summed E-state index contributed by atoms with van der Waals surface area (Å²) in [7, 11) is 0. The van der Waals surface area contributed by atoms with Gasteiger partial charge in [0.25, 0.3) is 5.91 Å². The van der Waals surface area contributed by atoms with Crippen LogP contribution in [0, 0.1) is 6.92 Å². The lowest BCUT2D eigenvalue weighted by Crippen LogP contribution is -2.28. The fourth-order valence-corrected chi connectivity index (χ4v) is 3.44. The Labute approximate surface area is 127 Å². The molecule has 1 heterocycles. The maximum atomic E-state index is 12.2. The van der Waals surface area contributed by atoms with E-state index in [1.54, 1.807) is 6.07 Å². The van der Waals surface area contributed by atoms with Gasteiger partial charge in [0.2, 0.25) is 0 Å². The molecule has 1 aromatic carbocycles. The molecule has 3 nitrogen and oxygen atoms in total. The van der Waals surface area contributed by atoms with Gasteiger partial charge in [0, 0.05) is 16.3 Å². The normalized spacial score (nSPS) is 12.2. The number of carbonyl (C=O) groups excluding carboxylic acids is 1. The van der Waals surface area contributed by atoms with Gasteiger partial charge in [-0.25, -0.2) is 0 Å². The fraction of sp³-hybridized carbons (Fsp3) is 0.267. The van der Waals surface area contributed by atoms with E-state index in [4.69, 9.17) is 0 Å². The summed E-state index contributed by atoms with van der Waals surface area (Å²) >= 11 is 3.04. The number of thiophene rings is 1. The molecule has 2 aromatic rings. The van der Waals surface area contributed by atoms with Crippen LogP contribution in [-0.4, -0.2) is 23.8 Å². The van der Waals surface area contributed by atoms with Gasteiger partial charge < -0.3 is 10.4 Å². The molecular weight excluding hydrogens is 290 g/mol. The van der Waals surface area contributed by atoms with E-state index in [9.17, 15) is 9.90 Å². The molecule has 0 aliphatic rings. The first kappa shape index (κ1) is 15.1. The highest BCUT2D eigenvalue weighted by Crippen LogP contribution is 2.24. The van der Waals surface area contributed by atoms with E-state index in [-0.39, 0.29) is 12.5 Å². The first-order valence-electron chi connectivity index (χ1n) is 6.26. The van der Waals surface area contributed by atoms with Crippen molar-refractivity contribution in [1.82, 2.24) is 5.32 Å². The average Bonchev–Trinajstić information content (AvgIpc) is 2.90. The van der Waals surface area contributed by atoms with Gasteiger partial charge in [0.1, 0.15) is 6.10 Å². The largest absolute Gasteiger partial charge is 0.386 e. The highest BCUT2D eigenvalue weighted by molar-refractivity contribution is 7.98. The summed E-state index contributed by atoms with van der Waals surface area (Å²) in [6.45, 7) is 2.18. The van der Waals surface area contributed by atoms with Gasteiger partial charge in [0.15, 0.2) is 0 Å². The molecule has 1 atom stereocenters. The predicted molar refractivity (Wildman–Crippen MR) is 84.6 cm³/mol. The molecule has 20 heavy (non-hydrogen) atoms. The Balaban J connectivity index is 2.00. The molecule has 1 aromatic heterocycles. The number of aliphatic hydroxyl groups excluding tert-OH is 1. The van der Waals surface area contributed by atoms with Gasteiger partial charge in [-0.2, -0.15) is 0 Å². The molecule has 0 saturated heterocycles. The Bertz CT molecular complexity index is 595. The maximum absolute atomic E-state index is 12.2. The number of thioether (sulfide) groups is 1. The van der Waals surface area contributed by atoms with Crippen LogP contribution < -0.4 is 5.32 Å². The zero-order valence-corrected chi connectivity index (χ0v) is 13.1. The quantitative estimate of drug-likeness (QED) is 0.834. The highest BCUT2D eigenvalue weighted by Gasteiger charge is 2.15. The lowest BCUT2D eigenvalue weighted by molar-refractivity contribution is 0.0915. The minimum Gasteiger partial charge on any atom is -0.386 e. The molecule has 106 valence electrons. The third-order valence-electron chi connectivity index (χ3n) is 3.01. The van der Waals surface area contributed by atoms with Crippen LogP contribution in [0.25, 0.3) is 0 Å². The molecule has 1 amide bonds. The van der Waals surface area contributed by atoms with Crippen LogP contribution in [0.15, 0.2) is 40.6 Å². The van der Waals surface area contributed by atoms with E-state index in [1.807, 2.05) is 42.8 Å². The van der Waals surface area contributed by atoms with E-state index in [0.717, 1.165) is 15.3 Å². The number of aliphatic hydroxyl groups is 1. The Hall–Kier alpha value is -1.30. The van der Waals surface area contributed by atoms with Crippen LogP contribution >= 0.6 is 23.1 Å². The maximum Gasteiger partial charge on any atom is 0.252 e. The summed E-state index contributed by atoms with van der Waals surface area (Å²) < 4.78 is 0. The second kappa shape index (κ2) is 6.92. The van der Waals surface area contributed by atoms with Crippen molar-refractivity contribution in [3.05, 3.63) is 51.7 Å². The molecule has 5 heteroatoms. The average molecular weight is 307 g/mol. The van der Waals surface area contributed by atoms with Gasteiger partial charge in [-0.1, -0.05) is 12.1 Å². The van der Waals surface area contributed by atoms with Crippen molar-refractivity contribution >= 4 is 29.0 Å². The number of nitrogens with one attached hydrogen (secondary N) is 1. The number of rotatable bonds is 5. The Morgan fingerprint density at radius 2 is 2.15 bits per heavy atom. The van der Waals surface area contributed by atoms with E-state index >= 15 is 0 Å². The summed E-state index contributed by atoms with van der Waals surface area (Å²) in [6.07, 6.45) is 1.29. The number of hydrogen-bond acceptors (Lipinski definition) is 4. The molecule has 2 rings (SSSR count). The number of amides is 1. The molecule has 0 unspecified atom stereocenters. The Morgan fingerprint density at radius 3 is 2.80 bits per heavy atom. The van der Waals surface area contributed by atoms with Crippen molar-refractivity contribution in [3.8, 4) is 0 Å². The first-order chi connectivity index (χ1) is 9.63. The van der Waals surface area contributed by atoms with Gasteiger partial charge in [0.05, 0.1) is 5.56 Å². The van der Waals surface area contributed by atoms with Gasteiger partial charge in [-0.3, -0.25) is 4.79 Å². The molecule has 2 N–H and O–H groups in total. The molecule has 0 aliphatic carbocycles. The van der Waals surface area contributed by atoms with Crippen molar-refractivity contribution in [2.45, 2.75) is 17.9 Å². The monoisotopic (exact) mass is 307 g/mol. The number of hydrogen-bond donors (Lipinski definition) is 2. The predicted octanol–water partition coefficient (Wildman–Crippen LogP) is 3.24.